The maximum atomic E-state index is 11.1. The molecule has 0 unspecified atom stereocenters. The Morgan fingerprint density at radius 1 is 1.18 bits per heavy atom. The van der Waals surface area contributed by atoms with Crippen molar-refractivity contribution in [1.29, 1.82) is 0 Å². The molecule has 1 fully saturated rings. The van der Waals surface area contributed by atoms with Gasteiger partial charge in [-0.05, 0) is 56.0 Å². The van der Waals surface area contributed by atoms with Crippen molar-refractivity contribution in [2.45, 2.75) is 24.2 Å². The minimum Gasteiger partial charge on any atom is -0.317 e. The maximum absolute atomic E-state index is 11.1. The zero-order chi connectivity index (χ0) is 12.3. The van der Waals surface area contributed by atoms with Crippen molar-refractivity contribution >= 4 is 10.0 Å². The minimum atomic E-state index is -3.56. The van der Waals surface area contributed by atoms with E-state index in [2.05, 4.69) is 5.32 Å². The Morgan fingerprint density at radius 2 is 1.76 bits per heavy atom. The van der Waals surface area contributed by atoms with Gasteiger partial charge < -0.3 is 5.32 Å². The summed E-state index contributed by atoms with van der Waals surface area (Å²) in [4.78, 5) is 0.187. The molecule has 0 atom stereocenters. The quantitative estimate of drug-likeness (QED) is 0.841. The zero-order valence-corrected chi connectivity index (χ0v) is 10.5. The van der Waals surface area contributed by atoms with Crippen LogP contribution in [0.1, 0.15) is 18.4 Å². The van der Waals surface area contributed by atoms with E-state index >= 15 is 0 Å². The predicted octanol–water partition coefficient (Wildman–Crippen LogP) is 0.876. The molecule has 2 rings (SSSR count). The molecular formula is C12H18N2O2S. The summed E-state index contributed by atoms with van der Waals surface area (Å²) in [6, 6.07) is 6.90. The normalized spacial score (nSPS) is 18.2. The highest BCUT2D eigenvalue weighted by molar-refractivity contribution is 7.89. The smallest absolute Gasteiger partial charge is 0.238 e. The number of hydrogen-bond acceptors (Lipinski definition) is 3. The molecule has 4 nitrogen and oxygen atoms in total. The molecule has 0 aromatic heterocycles. The van der Waals surface area contributed by atoms with E-state index < -0.39 is 10.0 Å². The first-order valence-corrected chi connectivity index (χ1v) is 7.43. The molecular weight excluding hydrogens is 236 g/mol. The molecule has 1 aromatic rings. The Balaban J connectivity index is 2.03. The Bertz CT molecular complexity index is 462. The lowest BCUT2D eigenvalue weighted by Gasteiger charge is -2.22. The van der Waals surface area contributed by atoms with Gasteiger partial charge in [-0.2, -0.15) is 0 Å². The summed E-state index contributed by atoms with van der Waals surface area (Å²) in [6.45, 7) is 2.17. The van der Waals surface area contributed by atoms with E-state index in [4.69, 9.17) is 5.14 Å². The van der Waals surface area contributed by atoms with Crippen LogP contribution >= 0.6 is 0 Å². The summed E-state index contributed by atoms with van der Waals surface area (Å²) in [5.74, 6) is 0.705. The van der Waals surface area contributed by atoms with Crippen LogP contribution in [0, 0.1) is 5.92 Å². The van der Waals surface area contributed by atoms with Gasteiger partial charge in [0.2, 0.25) is 10.0 Å². The molecule has 1 heterocycles. The third kappa shape index (κ3) is 3.52. The van der Waals surface area contributed by atoms with E-state index in [1.165, 1.54) is 18.4 Å². The fourth-order valence-corrected chi connectivity index (χ4v) is 2.75. The third-order valence-electron chi connectivity index (χ3n) is 3.23. The van der Waals surface area contributed by atoms with Crippen LogP contribution < -0.4 is 10.5 Å². The fourth-order valence-electron chi connectivity index (χ4n) is 2.23. The van der Waals surface area contributed by atoms with Crippen molar-refractivity contribution in [2.75, 3.05) is 13.1 Å². The predicted molar refractivity (Wildman–Crippen MR) is 67.1 cm³/mol. The molecule has 1 aliphatic heterocycles. The largest absolute Gasteiger partial charge is 0.317 e. The van der Waals surface area contributed by atoms with Crippen molar-refractivity contribution in [1.82, 2.24) is 5.32 Å². The van der Waals surface area contributed by atoms with Crippen molar-refractivity contribution in [3.05, 3.63) is 29.8 Å². The summed E-state index contributed by atoms with van der Waals surface area (Å²) in [6.07, 6.45) is 3.40. The Labute approximate surface area is 102 Å². The lowest BCUT2D eigenvalue weighted by molar-refractivity contribution is 0.372. The molecule has 0 radical (unpaired) electrons. The van der Waals surface area contributed by atoms with E-state index in [1.54, 1.807) is 12.1 Å². The average Bonchev–Trinajstić information content (AvgIpc) is 2.30. The van der Waals surface area contributed by atoms with Crippen LogP contribution in [-0.4, -0.2) is 21.5 Å². The maximum Gasteiger partial charge on any atom is 0.238 e. The fraction of sp³-hybridized carbons (Fsp3) is 0.500. The summed E-state index contributed by atoms with van der Waals surface area (Å²) in [7, 11) is -3.56. The van der Waals surface area contributed by atoms with Crippen molar-refractivity contribution in [3.63, 3.8) is 0 Å². The molecule has 1 saturated heterocycles. The second kappa shape index (κ2) is 5.16. The van der Waals surface area contributed by atoms with Crippen LogP contribution in [-0.2, 0) is 16.4 Å². The van der Waals surface area contributed by atoms with Crippen LogP contribution in [0.4, 0.5) is 0 Å². The van der Waals surface area contributed by atoms with Gasteiger partial charge in [-0.1, -0.05) is 12.1 Å². The molecule has 17 heavy (non-hydrogen) atoms. The molecule has 0 saturated carbocycles. The number of piperidine rings is 1. The van der Waals surface area contributed by atoms with E-state index in [9.17, 15) is 8.42 Å². The number of nitrogens with two attached hydrogens (primary N) is 1. The van der Waals surface area contributed by atoms with Gasteiger partial charge in [-0.15, -0.1) is 0 Å². The average molecular weight is 254 g/mol. The van der Waals surface area contributed by atoms with Crippen LogP contribution in [0.15, 0.2) is 29.2 Å². The number of primary sulfonamides is 1. The van der Waals surface area contributed by atoms with Crippen LogP contribution in [0.2, 0.25) is 0 Å². The molecule has 0 amide bonds. The lowest BCUT2D eigenvalue weighted by Crippen LogP contribution is -2.28. The highest BCUT2D eigenvalue weighted by Gasteiger charge is 2.14. The van der Waals surface area contributed by atoms with Gasteiger partial charge in [0.15, 0.2) is 0 Å². The SMILES string of the molecule is NS(=O)(=O)c1ccc(CC2CCNCC2)cc1. The van der Waals surface area contributed by atoms with Crippen molar-refractivity contribution < 1.29 is 8.42 Å². The van der Waals surface area contributed by atoms with Gasteiger partial charge >= 0.3 is 0 Å². The monoisotopic (exact) mass is 254 g/mol. The van der Waals surface area contributed by atoms with Gasteiger partial charge in [0.1, 0.15) is 0 Å². The number of nitrogens with one attached hydrogen (secondary N) is 1. The standard InChI is InChI=1S/C12H18N2O2S/c13-17(15,16)12-3-1-10(2-4-12)9-11-5-7-14-8-6-11/h1-4,11,14H,5-9H2,(H2,13,15,16). The van der Waals surface area contributed by atoms with Crippen LogP contribution in [0.25, 0.3) is 0 Å². The number of sulfonamides is 1. The molecule has 94 valence electrons. The zero-order valence-electron chi connectivity index (χ0n) is 9.72. The van der Waals surface area contributed by atoms with Gasteiger partial charge in [0, 0.05) is 0 Å². The topological polar surface area (TPSA) is 72.2 Å². The molecule has 0 spiro atoms. The minimum absolute atomic E-state index is 0.187. The number of hydrogen-bond donors (Lipinski definition) is 2. The van der Waals surface area contributed by atoms with E-state index in [0.717, 1.165) is 19.5 Å². The van der Waals surface area contributed by atoms with Gasteiger partial charge in [0.25, 0.3) is 0 Å². The Hall–Kier alpha value is -0.910. The molecule has 0 bridgehead atoms. The third-order valence-corrected chi connectivity index (χ3v) is 4.16. The van der Waals surface area contributed by atoms with E-state index in [1.807, 2.05) is 12.1 Å². The number of rotatable bonds is 3. The molecule has 3 N–H and O–H groups in total. The van der Waals surface area contributed by atoms with Gasteiger partial charge in [-0.3, -0.25) is 0 Å². The Kier molecular flexibility index (Phi) is 3.81. The first-order valence-electron chi connectivity index (χ1n) is 5.88. The van der Waals surface area contributed by atoms with E-state index in [0.29, 0.717) is 5.92 Å². The summed E-state index contributed by atoms with van der Waals surface area (Å²) < 4.78 is 22.2. The molecule has 1 aromatic carbocycles. The van der Waals surface area contributed by atoms with Gasteiger partial charge in [-0.25, -0.2) is 13.6 Å². The highest BCUT2D eigenvalue weighted by Crippen LogP contribution is 2.19. The lowest BCUT2D eigenvalue weighted by atomic mass is 9.91. The number of benzene rings is 1. The first kappa shape index (κ1) is 12.5. The molecule has 0 aliphatic carbocycles. The highest BCUT2D eigenvalue weighted by atomic mass is 32.2. The van der Waals surface area contributed by atoms with E-state index in [-0.39, 0.29) is 4.90 Å². The summed E-state index contributed by atoms with van der Waals surface area (Å²) >= 11 is 0. The van der Waals surface area contributed by atoms with Crippen LogP contribution in [0.5, 0.6) is 0 Å². The second-order valence-corrected chi connectivity index (χ2v) is 6.15. The van der Waals surface area contributed by atoms with Crippen molar-refractivity contribution in [2.24, 2.45) is 11.1 Å². The molecule has 5 heteroatoms. The first-order chi connectivity index (χ1) is 8.05. The van der Waals surface area contributed by atoms with Crippen molar-refractivity contribution in [3.8, 4) is 0 Å². The van der Waals surface area contributed by atoms with Crippen LogP contribution in [0.3, 0.4) is 0 Å². The summed E-state index contributed by atoms with van der Waals surface area (Å²) in [5, 5.41) is 8.39. The summed E-state index contributed by atoms with van der Waals surface area (Å²) in [5.41, 5.74) is 1.18. The van der Waals surface area contributed by atoms with Gasteiger partial charge in [0.05, 0.1) is 4.90 Å². The molecule has 1 aliphatic rings. The second-order valence-electron chi connectivity index (χ2n) is 4.59. The Morgan fingerprint density at radius 3 is 2.29 bits per heavy atom.